The van der Waals surface area contributed by atoms with Crippen molar-refractivity contribution in [1.82, 2.24) is 30.3 Å². The summed E-state index contributed by atoms with van der Waals surface area (Å²) in [6.45, 7) is 11.0. The Balaban J connectivity index is 0.00000306. The molecule has 4 rings (SSSR count). The van der Waals surface area contributed by atoms with Crippen LogP contribution in [0.3, 0.4) is 0 Å². The molecule has 3 unspecified atom stereocenters. The van der Waals surface area contributed by atoms with Crippen molar-refractivity contribution >= 4 is 29.9 Å². The largest absolute Gasteiger partial charge is 0.378 e. The quantitative estimate of drug-likeness (QED) is 0.282. The zero-order valence-electron chi connectivity index (χ0n) is 21.0. The molecular formula is C24H44IN7O. The maximum Gasteiger partial charge on any atom is 0.192 e. The average Bonchev–Trinajstić information content (AvgIpc) is 3.41. The number of halogens is 1. The van der Waals surface area contributed by atoms with Gasteiger partial charge in [0.2, 0.25) is 0 Å². The van der Waals surface area contributed by atoms with E-state index in [-0.39, 0.29) is 29.4 Å². The van der Waals surface area contributed by atoms with Crippen LogP contribution in [0.2, 0.25) is 0 Å². The fourth-order valence-corrected chi connectivity index (χ4v) is 6.08. The molecule has 1 spiro atoms. The normalized spacial score (nSPS) is 27.3. The van der Waals surface area contributed by atoms with Gasteiger partial charge in [0, 0.05) is 37.7 Å². The summed E-state index contributed by atoms with van der Waals surface area (Å²) >= 11 is 0. The van der Waals surface area contributed by atoms with Crippen molar-refractivity contribution in [2.45, 2.75) is 96.9 Å². The van der Waals surface area contributed by atoms with E-state index in [2.05, 4.69) is 39.6 Å². The van der Waals surface area contributed by atoms with E-state index in [0.717, 1.165) is 43.7 Å². The lowest BCUT2D eigenvalue weighted by Crippen LogP contribution is -2.66. The molecule has 1 saturated heterocycles. The third-order valence-corrected chi connectivity index (χ3v) is 8.22. The van der Waals surface area contributed by atoms with Gasteiger partial charge in [-0.2, -0.15) is 0 Å². The van der Waals surface area contributed by atoms with E-state index in [1.54, 1.807) is 0 Å². The van der Waals surface area contributed by atoms with Crippen LogP contribution in [-0.4, -0.2) is 70.1 Å². The highest BCUT2D eigenvalue weighted by atomic mass is 127. The van der Waals surface area contributed by atoms with Gasteiger partial charge in [-0.05, 0) is 59.0 Å². The van der Waals surface area contributed by atoms with Gasteiger partial charge in [-0.1, -0.05) is 26.2 Å². The van der Waals surface area contributed by atoms with E-state index in [0.29, 0.717) is 24.7 Å². The van der Waals surface area contributed by atoms with Gasteiger partial charge in [0.1, 0.15) is 12.4 Å². The fraction of sp³-hybridized carbons (Fsp3) is 0.875. The summed E-state index contributed by atoms with van der Waals surface area (Å²) in [5.41, 5.74) is 0.265. The van der Waals surface area contributed by atoms with Crippen molar-refractivity contribution in [1.29, 1.82) is 0 Å². The van der Waals surface area contributed by atoms with Crippen LogP contribution in [-0.2, 0) is 18.3 Å². The van der Waals surface area contributed by atoms with E-state index in [1.165, 1.54) is 51.5 Å². The number of rotatable bonds is 8. The molecule has 3 fully saturated rings. The summed E-state index contributed by atoms with van der Waals surface area (Å²) in [5.74, 6) is 2.73. The minimum atomic E-state index is 0. The Bertz CT molecular complexity index is 777. The third kappa shape index (κ3) is 5.83. The Kier molecular flexibility index (Phi) is 9.82. The molecule has 3 aliphatic rings. The Morgan fingerprint density at radius 1 is 1.18 bits per heavy atom. The summed E-state index contributed by atoms with van der Waals surface area (Å²) in [6.07, 6.45) is 10.5. The zero-order chi connectivity index (χ0) is 22.6. The zero-order valence-corrected chi connectivity index (χ0v) is 23.3. The number of hydrogen-bond acceptors (Lipinski definition) is 5. The van der Waals surface area contributed by atoms with Crippen molar-refractivity contribution in [3.8, 4) is 0 Å². The highest BCUT2D eigenvalue weighted by Crippen LogP contribution is 2.53. The summed E-state index contributed by atoms with van der Waals surface area (Å²) in [5, 5.41) is 16.0. The average molecular weight is 574 g/mol. The van der Waals surface area contributed by atoms with Gasteiger partial charge >= 0.3 is 0 Å². The van der Waals surface area contributed by atoms with Crippen molar-refractivity contribution in [2.24, 2.45) is 17.5 Å². The van der Waals surface area contributed by atoms with Crippen LogP contribution in [0, 0.1) is 12.3 Å². The smallest absolute Gasteiger partial charge is 0.192 e. The second kappa shape index (κ2) is 12.2. The molecular weight excluding hydrogens is 529 g/mol. The molecule has 0 bridgehead atoms. The summed E-state index contributed by atoms with van der Waals surface area (Å²) in [4.78, 5) is 7.54. The number of aliphatic imine (C=N–C) groups is 1. The standard InChI is InChI=1S/C24H43N7O.HI/c1-5-31-14-10-11-19(31)16-25-23(26-17-22-29-28-18(3)30(22)4)27-20-15-21(32-6-2)24(20)12-8-7-9-13-24;/h19-21H,5-17H2,1-4H3,(H2,25,26,27);1H. The molecule has 1 aliphatic heterocycles. The Labute approximate surface area is 216 Å². The fourth-order valence-electron chi connectivity index (χ4n) is 6.08. The van der Waals surface area contributed by atoms with Crippen LogP contribution < -0.4 is 10.6 Å². The lowest BCUT2D eigenvalue weighted by molar-refractivity contribution is -0.145. The number of guanidine groups is 1. The molecule has 0 aromatic carbocycles. The van der Waals surface area contributed by atoms with Crippen LogP contribution in [0.15, 0.2) is 4.99 Å². The monoisotopic (exact) mass is 573 g/mol. The Morgan fingerprint density at radius 2 is 1.97 bits per heavy atom. The molecule has 33 heavy (non-hydrogen) atoms. The number of hydrogen-bond donors (Lipinski definition) is 2. The summed E-state index contributed by atoms with van der Waals surface area (Å²) in [7, 11) is 2.01. The van der Waals surface area contributed by atoms with E-state index in [1.807, 2.05) is 18.5 Å². The predicted molar refractivity (Wildman–Crippen MR) is 143 cm³/mol. The van der Waals surface area contributed by atoms with Gasteiger partial charge in [0.15, 0.2) is 11.8 Å². The molecule has 2 N–H and O–H groups in total. The molecule has 9 heteroatoms. The van der Waals surface area contributed by atoms with Crippen molar-refractivity contribution in [3.63, 3.8) is 0 Å². The van der Waals surface area contributed by atoms with Crippen molar-refractivity contribution in [2.75, 3.05) is 26.2 Å². The number of aromatic nitrogens is 3. The number of likely N-dealkylation sites (N-methyl/N-ethyl adjacent to an activating group) is 1. The summed E-state index contributed by atoms with van der Waals surface area (Å²) < 4.78 is 8.19. The van der Waals surface area contributed by atoms with Crippen LogP contribution in [0.1, 0.15) is 76.9 Å². The topological polar surface area (TPSA) is 79.6 Å². The van der Waals surface area contributed by atoms with Gasteiger partial charge < -0.3 is 19.9 Å². The maximum absolute atomic E-state index is 6.17. The molecule has 2 heterocycles. The van der Waals surface area contributed by atoms with Gasteiger partial charge in [0.05, 0.1) is 6.10 Å². The Morgan fingerprint density at radius 3 is 2.64 bits per heavy atom. The predicted octanol–water partition coefficient (Wildman–Crippen LogP) is 3.39. The molecule has 3 atom stereocenters. The third-order valence-electron chi connectivity index (χ3n) is 8.22. The second-order valence-corrected chi connectivity index (χ2v) is 9.86. The first-order valence-electron chi connectivity index (χ1n) is 12.8. The maximum atomic E-state index is 6.17. The Hall–Kier alpha value is -0.940. The number of nitrogens with zero attached hydrogens (tertiary/aromatic N) is 5. The SMILES string of the molecule is CCOC1CC(NC(=NCc2nnc(C)n2C)NCC2CCCN2CC)C12CCCCC2.I. The minimum absolute atomic E-state index is 0. The first-order chi connectivity index (χ1) is 15.6. The second-order valence-electron chi connectivity index (χ2n) is 9.86. The molecule has 1 aromatic rings. The van der Waals surface area contributed by atoms with Crippen molar-refractivity contribution in [3.05, 3.63) is 11.6 Å². The van der Waals surface area contributed by atoms with E-state index in [9.17, 15) is 0 Å². The van der Waals surface area contributed by atoms with E-state index in [4.69, 9.17) is 9.73 Å². The molecule has 0 amide bonds. The van der Waals surface area contributed by atoms with Crippen LogP contribution >= 0.6 is 24.0 Å². The van der Waals surface area contributed by atoms with E-state index >= 15 is 0 Å². The van der Waals surface area contributed by atoms with Gasteiger partial charge in [0.25, 0.3) is 0 Å². The molecule has 8 nitrogen and oxygen atoms in total. The van der Waals surface area contributed by atoms with Gasteiger partial charge in [-0.3, -0.25) is 4.90 Å². The molecule has 0 radical (unpaired) electrons. The lowest BCUT2D eigenvalue weighted by Gasteiger charge is -2.58. The first-order valence-corrected chi connectivity index (χ1v) is 12.8. The number of ether oxygens (including phenoxy) is 1. The highest BCUT2D eigenvalue weighted by molar-refractivity contribution is 14.0. The lowest BCUT2D eigenvalue weighted by atomic mass is 9.55. The minimum Gasteiger partial charge on any atom is -0.378 e. The number of likely N-dealkylation sites (tertiary alicyclic amines) is 1. The van der Waals surface area contributed by atoms with Crippen molar-refractivity contribution < 1.29 is 4.74 Å². The van der Waals surface area contributed by atoms with E-state index < -0.39 is 0 Å². The van der Waals surface area contributed by atoms with Crippen LogP contribution in [0.5, 0.6) is 0 Å². The van der Waals surface area contributed by atoms with Gasteiger partial charge in [-0.15, -0.1) is 34.2 Å². The van der Waals surface area contributed by atoms with Crippen LogP contribution in [0.25, 0.3) is 0 Å². The molecule has 2 saturated carbocycles. The molecule has 2 aliphatic carbocycles. The number of aryl methyl sites for hydroxylation is 1. The molecule has 1 aromatic heterocycles. The highest BCUT2D eigenvalue weighted by Gasteiger charge is 2.55. The van der Waals surface area contributed by atoms with Gasteiger partial charge in [-0.25, -0.2) is 4.99 Å². The molecule has 188 valence electrons. The summed E-state index contributed by atoms with van der Waals surface area (Å²) in [6, 6.07) is 1.02. The number of nitrogens with one attached hydrogen (secondary N) is 2. The first kappa shape index (κ1) is 26.7. The van der Waals surface area contributed by atoms with Crippen LogP contribution in [0.4, 0.5) is 0 Å².